The van der Waals surface area contributed by atoms with Gasteiger partial charge < -0.3 is 9.19 Å². The van der Waals surface area contributed by atoms with Crippen LogP contribution in [0, 0.1) is 23.7 Å². The lowest BCUT2D eigenvalue weighted by molar-refractivity contribution is 0.0352. The van der Waals surface area contributed by atoms with Gasteiger partial charge in [-0.1, -0.05) is 69.3 Å². The van der Waals surface area contributed by atoms with Crippen LogP contribution >= 0.6 is 6.42 Å². The minimum atomic E-state index is -2.69. The van der Waals surface area contributed by atoms with Crippen LogP contribution in [0.1, 0.15) is 64.1 Å². The zero-order valence-corrected chi connectivity index (χ0v) is 23.8. The van der Waals surface area contributed by atoms with E-state index in [1.165, 1.54) is 12.8 Å². The van der Waals surface area contributed by atoms with Crippen molar-refractivity contribution in [1.82, 2.24) is 14.5 Å². The molecule has 5 nitrogen and oxygen atoms in total. The lowest BCUT2D eigenvalue weighted by atomic mass is 9.70. The van der Waals surface area contributed by atoms with Crippen LogP contribution in [0.3, 0.4) is 0 Å². The highest BCUT2D eigenvalue weighted by Gasteiger charge is 2.63. The molecule has 4 atom stereocenters. The highest BCUT2D eigenvalue weighted by Crippen LogP contribution is 2.70. The van der Waals surface area contributed by atoms with Crippen molar-refractivity contribution in [3.8, 4) is 5.69 Å². The number of hydrogen-bond acceptors (Lipinski definition) is 4. The zero-order chi connectivity index (χ0) is 25.6. The minimum absolute atomic E-state index is 0.129. The van der Waals surface area contributed by atoms with Gasteiger partial charge in [-0.15, -0.1) is 0 Å². The molecule has 1 aliphatic heterocycles. The molecule has 7 heteroatoms. The molecule has 3 saturated carbocycles. The van der Waals surface area contributed by atoms with Gasteiger partial charge in [0.1, 0.15) is 5.84 Å². The van der Waals surface area contributed by atoms with Gasteiger partial charge in [0, 0.05) is 11.6 Å². The van der Waals surface area contributed by atoms with Crippen molar-refractivity contribution in [2.75, 3.05) is 0 Å². The van der Waals surface area contributed by atoms with Gasteiger partial charge in [-0.25, -0.2) is 9.67 Å². The van der Waals surface area contributed by atoms with Crippen LogP contribution in [0.5, 0.6) is 0 Å². The maximum atomic E-state index is 7.45. The summed E-state index contributed by atoms with van der Waals surface area (Å²) in [6, 6.07) is 21.2. The molecule has 0 amide bonds. The molecule has 0 radical (unpaired) electrons. The fourth-order valence-electron chi connectivity index (χ4n) is 7.13. The first-order chi connectivity index (χ1) is 17.7. The van der Waals surface area contributed by atoms with Gasteiger partial charge in [-0.2, -0.15) is 5.10 Å². The third kappa shape index (κ3) is 3.35. The molecule has 2 heterocycles. The average molecular weight is 531 g/mol. The molecule has 3 fully saturated rings. The highest BCUT2D eigenvalue weighted by atomic mass is 32.4. The minimum Gasteiger partial charge on any atom is -0.326 e. The van der Waals surface area contributed by atoms with Crippen LogP contribution < -0.4 is 5.30 Å². The fraction of sp³-hybridized carbons (Fsp3) is 0.467. The van der Waals surface area contributed by atoms with Gasteiger partial charge >= 0.3 is 0 Å². The van der Waals surface area contributed by atoms with E-state index in [0.29, 0.717) is 12.0 Å². The largest absolute Gasteiger partial charge is 0.326 e. The van der Waals surface area contributed by atoms with Crippen molar-refractivity contribution in [1.29, 1.82) is 0 Å². The SMILES string of the molecule is Cc1nn(-c2ccccc2)c2c1[P@](=S)(O[C@@H]1C[C@H]3CC[C@@]1(C)C3(C)C)N(C1CC1)C(c1ccccc1)=N2. The second-order valence-electron chi connectivity index (χ2n) is 12.1. The van der Waals surface area contributed by atoms with E-state index in [1.54, 1.807) is 0 Å². The number of para-hydroxylation sites is 1. The highest BCUT2D eigenvalue weighted by molar-refractivity contribution is 8.15. The smallest absolute Gasteiger partial charge is 0.193 e. The third-order valence-electron chi connectivity index (χ3n) is 9.91. The Morgan fingerprint density at radius 2 is 1.65 bits per heavy atom. The van der Waals surface area contributed by atoms with E-state index in [0.717, 1.165) is 53.2 Å². The molecule has 7 rings (SSSR count). The molecule has 0 N–H and O–H groups in total. The lowest BCUT2D eigenvalue weighted by Gasteiger charge is -2.45. The Morgan fingerprint density at radius 3 is 2.24 bits per heavy atom. The molecule has 2 bridgehead atoms. The van der Waals surface area contributed by atoms with Gasteiger partial charge in [0.2, 0.25) is 0 Å². The van der Waals surface area contributed by atoms with Crippen molar-refractivity contribution in [3.63, 3.8) is 0 Å². The summed E-state index contributed by atoms with van der Waals surface area (Å²) in [6.07, 6.45) is 3.32. The number of nitrogens with zero attached hydrogens (tertiary/aromatic N) is 4. The van der Waals surface area contributed by atoms with E-state index in [9.17, 15) is 0 Å². The van der Waals surface area contributed by atoms with Crippen LogP contribution in [0.2, 0.25) is 0 Å². The summed E-state index contributed by atoms with van der Waals surface area (Å²) in [7, 11) is 0. The van der Waals surface area contributed by atoms with Crippen molar-refractivity contribution < 1.29 is 4.52 Å². The first kappa shape index (κ1) is 23.8. The van der Waals surface area contributed by atoms with Gasteiger partial charge in [-0.3, -0.25) is 0 Å². The number of aromatic nitrogens is 2. The van der Waals surface area contributed by atoms with Gasteiger partial charge in [-0.05, 0) is 79.7 Å². The van der Waals surface area contributed by atoms with E-state index >= 15 is 0 Å². The summed E-state index contributed by atoms with van der Waals surface area (Å²) in [5, 5.41) is 6.08. The normalized spacial score (nSPS) is 31.9. The Balaban J connectivity index is 1.44. The summed E-state index contributed by atoms with van der Waals surface area (Å²) >= 11 is 6.83. The number of fused-ring (bicyclic) bond motifs is 3. The number of aliphatic imine (C=N–C) groups is 1. The second-order valence-corrected chi connectivity index (χ2v) is 15.7. The number of rotatable bonds is 5. The number of hydrogen-bond donors (Lipinski definition) is 0. The van der Waals surface area contributed by atoms with E-state index < -0.39 is 6.42 Å². The van der Waals surface area contributed by atoms with Crippen LogP contribution in [0.4, 0.5) is 5.82 Å². The molecule has 192 valence electrons. The lowest BCUT2D eigenvalue weighted by Crippen LogP contribution is -2.43. The Kier molecular flexibility index (Phi) is 5.22. The average Bonchev–Trinajstić information content (AvgIpc) is 3.59. The van der Waals surface area contributed by atoms with Crippen molar-refractivity contribution in [2.45, 2.75) is 71.9 Å². The molecule has 0 saturated heterocycles. The van der Waals surface area contributed by atoms with Gasteiger partial charge in [0.25, 0.3) is 0 Å². The Morgan fingerprint density at radius 1 is 0.973 bits per heavy atom. The number of amidine groups is 1. The number of benzene rings is 2. The first-order valence-electron chi connectivity index (χ1n) is 13.6. The van der Waals surface area contributed by atoms with E-state index in [2.05, 4.69) is 74.8 Å². The summed E-state index contributed by atoms with van der Waals surface area (Å²) in [5.41, 5.74) is 3.42. The molecule has 37 heavy (non-hydrogen) atoms. The summed E-state index contributed by atoms with van der Waals surface area (Å²) in [6.45, 7) is 9.43. The fourth-order valence-corrected chi connectivity index (χ4v) is 11.7. The molecule has 2 aromatic carbocycles. The topological polar surface area (TPSA) is 42.6 Å². The monoisotopic (exact) mass is 530 g/mol. The molecule has 1 aromatic heterocycles. The Labute approximate surface area is 225 Å². The van der Waals surface area contributed by atoms with Crippen LogP contribution in [-0.2, 0) is 16.3 Å². The number of aryl methyl sites for hydroxylation is 1. The molecular formula is C30H35N4OPS. The predicted molar refractivity (Wildman–Crippen MR) is 154 cm³/mol. The Hall–Kier alpha value is -2.27. The van der Waals surface area contributed by atoms with E-state index in [1.807, 2.05) is 22.9 Å². The maximum Gasteiger partial charge on any atom is 0.193 e. The molecule has 3 aliphatic carbocycles. The van der Waals surface area contributed by atoms with Gasteiger partial charge in [0.05, 0.1) is 22.8 Å². The van der Waals surface area contributed by atoms with Crippen molar-refractivity contribution in [2.24, 2.45) is 21.7 Å². The summed E-state index contributed by atoms with van der Waals surface area (Å²) in [4.78, 5) is 5.34. The van der Waals surface area contributed by atoms with Crippen LogP contribution in [0.15, 0.2) is 65.7 Å². The molecule has 4 aliphatic rings. The standard InChI is InChI=1S/C30H35N4OPS/c1-20-26-28(33(32-20)23-13-9-6-10-14-23)31-27(21-11-7-5-8-12-21)34(24-15-16-24)36(26,37)35-25-19-22-17-18-30(25,4)29(22,2)3/h5-14,22,24-25H,15-19H2,1-4H3/t22-,25-,30-,36-/m1/s1. The maximum absolute atomic E-state index is 7.45. The van der Waals surface area contributed by atoms with E-state index in [4.69, 9.17) is 26.4 Å². The summed E-state index contributed by atoms with van der Waals surface area (Å²) < 4.78 is 11.9. The van der Waals surface area contributed by atoms with Gasteiger partial charge in [0.15, 0.2) is 12.2 Å². The predicted octanol–water partition coefficient (Wildman–Crippen LogP) is 6.90. The second kappa shape index (κ2) is 8.11. The summed E-state index contributed by atoms with van der Waals surface area (Å²) in [5.74, 6) is 2.48. The van der Waals surface area contributed by atoms with Crippen LogP contribution in [-0.4, -0.2) is 32.4 Å². The van der Waals surface area contributed by atoms with Crippen molar-refractivity contribution in [3.05, 3.63) is 71.9 Å². The molecule has 0 spiro atoms. The van der Waals surface area contributed by atoms with Crippen molar-refractivity contribution >= 4 is 35.2 Å². The quantitative estimate of drug-likeness (QED) is 0.337. The molecular weight excluding hydrogens is 495 g/mol. The molecule has 0 unspecified atom stereocenters. The first-order valence-corrected chi connectivity index (χ1v) is 16.3. The Bertz CT molecular complexity index is 1440. The zero-order valence-electron chi connectivity index (χ0n) is 22.1. The molecule has 3 aromatic rings. The van der Waals surface area contributed by atoms with Crippen LogP contribution in [0.25, 0.3) is 5.69 Å². The third-order valence-corrected chi connectivity index (χ3v) is 14.0. The van der Waals surface area contributed by atoms with E-state index in [-0.39, 0.29) is 16.9 Å².